The van der Waals surface area contributed by atoms with Crippen LogP contribution in [-0.4, -0.2) is 6.04 Å². The van der Waals surface area contributed by atoms with Crippen molar-refractivity contribution >= 4 is 17.2 Å². The molecule has 0 aliphatic heterocycles. The Bertz CT molecular complexity index is 470. The molecule has 0 heterocycles. The predicted octanol–water partition coefficient (Wildman–Crippen LogP) is 3.80. The molecular formula is C15H18ClN. The van der Waals surface area contributed by atoms with Gasteiger partial charge in [0.1, 0.15) is 0 Å². The second-order valence-corrected chi connectivity index (χ2v) is 6.01. The molecule has 0 aromatic heterocycles. The molecule has 2 N–H and O–H groups in total. The summed E-state index contributed by atoms with van der Waals surface area (Å²) in [5, 5.41) is 0.834. The Balaban J connectivity index is 1.95. The molecule has 17 heavy (non-hydrogen) atoms. The van der Waals surface area contributed by atoms with Gasteiger partial charge >= 0.3 is 0 Å². The van der Waals surface area contributed by atoms with Crippen LogP contribution in [0, 0.1) is 5.41 Å². The molecule has 0 bridgehead atoms. The number of halogens is 1. The van der Waals surface area contributed by atoms with E-state index >= 15 is 0 Å². The third-order valence-corrected chi connectivity index (χ3v) is 4.78. The summed E-state index contributed by atoms with van der Waals surface area (Å²) in [6.45, 7) is 4.34. The molecule has 1 spiro atoms. The number of nitrogens with two attached hydrogens (primary N) is 1. The molecule has 1 aromatic rings. The van der Waals surface area contributed by atoms with E-state index < -0.39 is 0 Å². The fourth-order valence-electron chi connectivity index (χ4n) is 3.43. The van der Waals surface area contributed by atoms with Crippen LogP contribution >= 0.6 is 11.6 Å². The van der Waals surface area contributed by atoms with E-state index in [1.165, 1.54) is 29.5 Å². The van der Waals surface area contributed by atoms with Gasteiger partial charge in [0.15, 0.2) is 0 Å². The number of hydrogen-bond donors (Lipinski definition) is 1. The van der Waals surface area contributed by atoms with Crippen molar-refractivity contribution < 1.29 is 0 Å². The van der Waals surface area contributed by atoms with Gasteiger partial charge < -0.3 is 5.73 Å². The summed E-state index contributed by atoms with van der Waals surface area (Å²) in [5.74, 6) is 0. The van der Waals surface area contributed by atoms with Gasteiger partial charge in [0.2, 0.25) is 0 Å². The highest BCUT2D eigenvalue weighted by Crippen LogP contribution is 2.54. The molecule has 1 saturated carbocycles. The van der Waals surface area contributed by atoms with Gasteiger partial charge in [0, 0.05) is 11.1 Å². The van der Waals surface area contributed by atoms with E-state index in [0.29, 0.717) is 6.04 Å². The maximum Gasteiger partial charge on any atom is 0.0409 e. The number of benzene rings is 1. The summed E-state index contributed by atoms with van der Waals surface area (Å²) < 4.78 is 0. The van der Waals surface area contributed by atoms with Crippen molar-refractivity contribution in [3.63, 3.8) is 0 Å². The highest BCUT2D eigenvalue weighted by Gasteiger charge is 2.42. The zero-order valence-corrected chi connectivity index (χ0v) is 10.8. The van der Waals surface area contributed by atoms with Crippen molar-refractivity contribution in [2.45, 2.75) is 38.1 Å². The van der Waals surface area contributed by atoms with E-state index in [0.717, 1.165) is 24.3 Å². The van der Waals surface area contributed by atoms with Gasteiger partial charge in [-0.3, -0.25) is 0 Å². The van der Waals surface area contributed by atoms with Crippen LogP contribution in [0.2, 0.25) is 5.02 Å². The zero-order chi connectivity index (χ0) is 12.0. The number of hydrogen-bond acceptors (Lipinski definition) is 1. The second-order valence-electron chi connectivity index (χ2n) is 5.57. The fraction of sp³-hybridized carbons (Fsp3) is 0.467. The van der Waals surface area contributed by atoms with Crippen molar-refractivity contribution in [1.82, 2.24) is 0 Å². The van der Waals surface area contributed by atoms with Gasteiger partial charge in [-0.05, 0) is 66.4 Å². The largest absolute Gasteiger partial charge is 0.328 e. The lowest BCUT2D eigenvalue weighted by Crippen LogP contribution is -2.33. The number of rotatable bonds is 0. The molecule has 1 fully saturated rings. The summed E-state index contributed by atoms with van der Waals surface area (Å²) >= 11 is 6.07. The monoisotopic (exact) mass is 247 g/mol. The number of fused-ring (bicyclic) bond motifs is 1. The first-order chi connectivity index (χ1) is 8.11. The normalized spacial score (nSPS) is 31.9. The van der Waals surface area contributed by atoms with Crippen LogP contribution in [0.1, 0.15) is 36.8 Å². The van der Waals surface area contributed by atoms with Crippen LogP contribution in [-0.2, 0) is 6.42 Å². The summed E-state index contributed by atoms with van der Waals surface area (Å²) in [4.78, 5) is 0. The SMILES string of the molecule is C=C1c2ccc(Cl)cc2CC12CCC(N)CC2. The average Bonchev–Trinajstić information content (AvgIpc) is 2.57. The van der Waals surface area contributed by atoms with Gasteiger partial charge in [-0.25, -0.2) is 0 Å². The summed E-state index contributed by atoms with van der Waals surface area (Å²) in [5.41, 5.74) is 10.3. The summed E-state index contributed by atoms with van der Waals surface area (Å²) in [6.07, 6.45) is 5.72. The lowest BCUT2D eigenvalue weighted by Gasteiger charge is -2.37. The van der Waals surface area contributed by atoms with Crippen LogP contribution in [0.3, 0.4) is 0 Å². The van der Waals surface area contributed by atoms with Gasteiger partial charge in [-0.1, -0.05) is 24.2 Å². The quantitative estimate of drug-likeness (QED) is 0.742. The molecule has 0 radical (unpaired) electrons. The summed E-state index contributed by atoms with van der Waals surface area (Å²) in [7, 11) is 0. The smallest absolute Gasteiger partial charge is 0.0409 e. The van der Waals surface area contributed by atoms with Gasteiger partial charge in [0.25, 0.3) is 0 Å². The Hall–Kier alpha value is -0.790. The Kier molecular flexibility index (Phi) is 2.57. The minimum atomic E-state index is 0.281. The predicted molar refractivity (Wildman–Crippen MR) is 73.1 cm³/mol. The molecule has 2 aliphatic rings. The molecule has 0 amide bonds. The van der Waals surface area contributed by atoms with E-state index in [2.05, 4.69) is 18.7 Å². The van der Waals surface area contributed by atoms with Gasteiger partial charge in [0.05, 0.1) is 0 Å². The first-order valence-electron chi connectivity index (χ1n) is 6.34. The Morgan fingerprint density at radius 3 is 2.71 bits per heavy atom. The van der Waals surface area contributed by atoms with E-state index in [-0.39, 0.29) is 5.41 Å². The topological polar surface area (TPSA) is 26.0 Å². The second kappa shape index (κ2) is 3.86. The van der Waals surface area contributed by atoms with E-state index in [4.69, 9.17) is 17.3 Å². The van der Waals surface area contributed by atoms with Crippen molar-refractivity contribution in [2.75, 3.05) is 0 Å². The highest BCUT2D eigenvalue weighted by molar-refractivity contribution is 6.30. The minimum absolute atomic E-state index is 0.281. The molecule has 1 nitrogen and oxygen atoms in total. The van der Waals surface area contributed by atoms with Crippen molar-refractivity contribution in [2.24, 2.45) is 11.1 Å². The maximum absolute atomic E-state index is 6.07. The van der Waals surface area contributed by atoms with E-state index in [9.17, 15) is 0 Å². The van der Waals surface area contributed by atoms with Crippen LogP contribution < -0.4 is 5.73 Å². The Labute approximate surface area is 108 Å². The lowest BCUT2D eigenvalue weighted by molar-refractivity contribution is 0.257. The molecule has 1 aromatic carbocycles. The number of allylic oxidation sites excluding steroid dienone is 1. The van der Waals surface area contributed by atoms with Crippen LogP contribution in [0.15, 0.2) is 24.8 Å². The Morgan fingerprint density at radius 2 is 2.00 bits per heavy atom. The molecule has 0 unspecified atom stereocenters. The molecule has 0 atom stereocenters. The molecular weight excluding hydrogens is 230 g/mol. The molecule has 3 rings (SSSR count). The van der Waals surface area contributed by atoms with Crippen molar-refractivity contribution in [3.8, 4) is 0 Å². The highest BCUT2D eigenvalue weighted by atomic mass is 35.5. The first-order valence-corrected chi connectivity index (χ1v) is 6.72. The summed E-state index contributed by atoms with van der Waals surface area (Å²) in [6, 6.07) is 6.59. The fourth-order valence-corrected chi connectivity index (χ4v) is 3.63. The lowest BCUT2D eigenvalue weighted by atomic mass is 9.69. The molecule has 2 aliphatic carbocycles. The molecule has 90 valence electrons. The zero-order valence-electron chi connectivity index (χ0n) is 10.0. The van der Waals surface area contributed by atoms with Crippen LogP contribution in [0.5, 0.6) is 0 Å². The Morgan fingerprint density at radius 1 is 1.29 bits per heavy atom. The van der Waals surface area contributed by atoms with Crippen LogP contribution in [0.4, 0.5) is 0 Å². The van der Waals surface area contributed by atoms with Crippen LogP contribution in [0.25, 0.3) is 5.57 Å². The minimum Gasteiger partial charge on any atom is -0.328 e. The van der Waals surface area contributed by atoms with Crippen molar-refractivity contribution in [3.05, 3.63) is 40.9 Å². The average molecular weight is 248 g/mol. The molecule has 2 heteroatoms. The molecule has 0 saturated heterocycles. The first kappa shape index (κ1) is 11.3. The van der Waals surface area contributed by atoms with Gasteiger partial charge in [-0.15, -0.1) is 0 Å². The third-order valence-electron chi connectivity index (χ3n) is 4.55. The van der Waals surface area contributed by atoms with E-state index in [1.54, 1.807) is 0 Å². The standard InChI is InChI=1S/C15H18ClN/c1-10-14-3-2-12(16)8-11(14)9-15(10)6-4-13(17)5-7-15/h2-3,8,13H,1,4-7,9,17H2. The van der Waals surface area contributed by atoms with Crippen molar-refractivity contribution in [1.29, 1.82) is 0 Å². The van der Waals surface area contributed by atoms with E-state index in [1.807, 2.05) is 6.07 Å². The van der Waals surface area contributed by atoms with Gasteiger partial charge in [-0.2, -0.15) is 0 Å². The maximum atomic E-state index is 6.07. The third kappa shape index (κ3) is 1.73.